The van der Waals surface area contributed by atoms with Crippen molar-refractivity contribution in [2.45, 2.75) is 122 Å². The van der Waals surface area contributed by atoms with Crippen molar-refractivity contribution in [2.24, 2.45) is 0 Å². The minimum absolute atomic E-state index is 0. The van der Waals surface area contributed by atoms with Gasteiger partial charge in [-0.1, -0.05) is 0 Å². The molecule has 0 aliphatic carbocycles. The molecule has 0 fully saturated rings. The van der Waals surface area contributed by atoms with E-state index in [1.54, 1.807) is 0 Å². The maximum atomic E-state index is 10.1. The van der Waals surface area contributed by atoms with Crippen molar-refractivity contribution >= 4 is 47.8 Å². The maximum absolute atomic E-state index is 10.1. The second kappa shape index (κ2) is 34.2. The Hall–Kier alpha value is -2.28. The van der Waals surface area contributed by atoms with Gasteiger partial charge in [0.05, 0.1) is 50.3 Å². The molecule has 24 N–H and O–H groups in total. The van der Waals surface area contributed by atoms with Gasteiger partial charge in [-0.3, -0.25) is 0 Å². The normalized spacial score (nSPS) is 21.1. The maximum Gasteiger partial charge on any atom is 4.00 e. The first-order valence-electron chi connectivity index (χ1n) is 16.2. The van der Waals surface area contributed by atoms with Crippen LogP contribution in [0.15, 0.2) is 0 Å². The van der Waals surface area contributed by atoms with Crippen molar-refractivity contribution in [3.63, 3.8) is 0 Å². The van der Waals surface area contributed by atoms with Crippen LogP contribution in [0.1, 0.15) is 0 Å². The number of carbonyl (C=O) groups is 4. The molecule has 360 valence electrons. The minimum atomic E-state index is -2.40. The van der Waals surface area contributed by atoms with Crippen molar-refractivity contribution in [3.8, 4) is 0 Å². The zero-order valence-electron chi connectivity index (χ0n) is 30.9. The van der Waals surface area contributed by atoms with E-state index in [0.717, 1.165) is 0 Å². The van der Waals surface area contributed by atoms with Crippen LogP contribution in [-0.4, -0.2) is 319 Å². The molecule has 20 atom stereocenters. The third kappa shape index (κ3) is 24.4. The molecule has 0 radical (unpaired) electrons. The van der Waals surface area contributed by atoms with Crippen LogP contribution >= 0.6 is 0 Å². The summed E-state index contributed by atoms with van der Waals surface area (Å²) < 4.78 is 0. The summed E-state index contributed by atoms with van der Waals surface area (Å²) >= 11 is 0. The number of hydrogen-bond donors (Lipinski definition) is 24. The number of carboxylic acids is 4. The average Bonchev–Trinajstić information content (AvgIpc) is 3.23. The van der Waals surface area contributed by atoms with Crippen LogP contribution < -0.4 is 20.4 Å². The van der Waals surface area contributed by atoms with Crippen LogP contribution in [-0.2, 0) is 19.2 Å². The van der Waals surface area contributed by atoms with Gasteiger partial charge in [0.25, 0.3) is 0 Å². The van der Waals surface area contributed by atoms with Crippen molar-refractivity contribution in [2.75, 3.05) is 26.4 Å². The molecule has 0 saturated carbocycles. The molecule has 0 aromatic rings. The Balaban J connectivity index is -0.000000227. The third-order valence-corrected chi connectivity index (χ3v) is 7.38. The zero-order chi connectivity index (χ0) is 48.7. The molecule has 0 saturated heterocycles. The average molecular weight is 1020 g/mol. The second-order valence-corrected chi connectivity index (χ2v) is 11.9. The van der Waals surface area contributed by atoms with Gasteiger partial charge in [0.1, 0.15) is 122 Å². The second-order valence-electron chi connectivity index (χ2n) is 11.9. The van der Waals surface area contributed by atoms with E-state index >= 15 is 0 Å². The van der Waals surface area contributed by atoms with E-state index in [1.807, 2.05) is 0 Å². The van der Waals surface area contributed by atoms with Gasteiger partial charge in [-0.2, -0.15) is 0 Å². The first kappa shape index (κ1) is 67.8. The summed E-state index contributed by atoms with van der Waals surface area (Å²) in [5.41, 5.74) is 0. The van der Waals surface area contributed by atoms with Crippen molar-refractivity contribution in [1.29, 1.82) is 0 Å². The fourth-order valence-electron chi connectivity index (χ4n) is 3.46. The number of aliphatic hydroxyl groups is 24. The van der Waals surface area contributed by atoms with Crippen LogP contribution in [0.4, 0.5) is 0 Å². The van der Waals surface area contributed by atoms with Crippen molar-refractivity contribution in [1.82, 2.24) is 0 Å². The van der Waals surface area contributed by atoms with Crippen LogP contribution in [0, 0.1) is 0 Å². The predicted molar refractivity (Wildman–Crippen MR) is 174 cm³/mol. The largest absolute Gasteiger partial charge is 4.00 e. The molecule has 0 rings (SSSR count). The number of aliphatic carboxylic acids is 4. The van der Waals surface area contributed by atoms with E-state index in [1.165, 1.54) is 0 Å². The molecular weight excluding hydrogens is 965 g/mol. The van der Waals surface area contributed by atoms with Crippen LogP contribution in [0.3, 0.4) is 0 Å². The van der Waals surface area contributed by atoms with Gasteiger partial charge in [-0.25, -0.2) is 0 Å². The molecule has 61 heavy (non-hydrogen) atoms. The Morgan fingerprint density at radius 3 is 0.459 bits per heavy atom. The Kier molecular flexibility index (Phi) is 38.0. The number of aliphatic hydroxyl groups excluding tert-OH is 24. The first-order chi connectivity index (χ1) is 27.3. The first-order valence-corrected chi connectivity index (χ1v) is 16.2. The summed E-state index contributed by atoms with van der Waals surface area (Å²) in [6.45, 7) is -3.59. The van der Waals surface area contributed by atoms with Gasteiger partial charge in [0.2, 0.25) is 0 Å². The Labute approximate surface area is 358 Å². The van der Waals surface area contributed by atoms with Gasteiger partial charge >= 0.3 is 23.9 Å². The third-order valence-electron chi connectivity index (χ3n) is 7.38. The van der Waals surface area contributed by atoms with Gasteiger partial charge in [-0.05, 0) is 0 Å². The fourth-order valence-corrected chi connectivity index (χ4v) is 3.46. The molecular formula is C28H52O32Sn. The molecule has 0 amide bonds. The van der Waals surface area contributed by atoms with E-state index in [4.69, 9.17) is 123 Å². The summed E-state index contributed by atoms with van der Waals surface area (Å²) in [6, 6.07) is 0. The standard InChI is InChI=1S/4C7H14O8.Sn/c4*8-1-2(9)3(10)4(11)5(12)6(13)7(14)15;/h4*2-6,8-13H,1H2,(H,14,15);/q;;;;+4/p-4/t4*2-,3-,4+,5-,6+;/m0000./s1/i;;;;1-2. The Morgan fingerprint density at radius 1 is 0.262 bits per heavy atom. The Morgan fingerprint density at radius 2 is 0.377 bits per heavy atom. The minimum Gasteiger partial charge on any atom is -0.547 e. The van der Waals surface area contributed by atoms with Crippen molar-refractivity contribution in [3.05, 3.63) is 0 Å². The summed E-state index contributed by atoms with van der Waals surface area (Å²) in [5.74, 6) is -8.14. The van der Waals surface area contributed by atoms with Gasteiger partial charge < -0.3 is 162 Å². The molecule has 33 heteroatoms. The van der Waals surface area contributed by atoms with Gasteiger partial charge in [-0.15, -0.1) is 0 Å². The number of hydrogen-bond acceptors (Lipinski definition) is 32. The van der Waals surface area contributed by atoms with Crippen LogP contribution in [0.25, 0.3) is 0 Å². The zero-order valence-corrected chi connectivity index (χ0v) is 33.7. The molecule has 0 aromatic carbocycles. The van der Waals surface area contributed by atoms with Gasteiger partial charge in [0, 0.05) is 0 Å². The predicted octanol–water partition coefficient (Wildman–Crippen LogP) is -22.2. The molecule has 0 bridgehead atoms. The SMILES string of the molecule is O=C([O-])[C@H](O)[C@@H](O)[C@H](O)[C@@H](O)[C@@H](O)CO.O=C([O-])[C@H](O)[C@@H](O)[C@H](O)[C@@H](O)[C@@H](O)CO.O=C([O-])[C@H](O)[C@@H](O)[C@H](O)[C@@H](O)[C@@H](O)CO.O=C([O-])[C@H](O)[C@@H](O)[C@H](O)[C@@H](O)[C@@H](O)CO.[117Sn+4]. The molecule has 0 aliphatic rings. The van der Waals surface area contributed by atoms with E-state index in [9.17, 15) is 39.6 Å². The van der Waals surface area contributed by atoms with E-state index < -0.39 is 172 Å². The summed E-state index contributed by atoms with van der Waals surface area (Å²) in [6.07, 6.45) is -42.0. The molecule has 0 aliphatic heterocycles. The molecule has 0 spiro atoms. The van der Waals surface area contributed by atoms with E-state index in [2.05, 4.69) is 0 Å². The summed E-state index contributed by atoms with van der Waals surface area (Å²) in [5, 5.41) is 253. The molecule has 32 nitrogen and oxygen atoms in total. The van der Waals surface area contributed by atoms with Crippen LogP contribution in [0.5, 0.6) is 0 Å². The quantitative estimate of drug-likeness (QED) is 0.0399. The van der Waals surface area contributed by atoms with E-state index in [-0.39, 0.29) is 23.9 Å². The Bertz CT molecular complexity index is 1010. The number of rotatable bonds is 24. The van der Waals surface area contributed by atoms with Crippen molar-refractivity contribution < 1.29 is 162 Å². The monoisotopic (exact) mass is 1020 g/mol. The summed E-state index contributed by atoms with van der Waals surface area (Å²) in [4.78, 5) is 40.3. The molecule has 0 unspecified atom stereocenters. The number of carboxylic acid groups (broad SMARTS) is 4. The smallest absolute Gasteiger partial charge is 0.547 e. The van der Waals surface area contributed by atoms with E-state index in [0.29, 0.717) is 0 Å². The molecule has 0 aromatic heterocycles. The van der Waals surface area contributed by atoms with Gasteiger partial charge in [0.15, 0.2) is 0 Å². The van der Waals surface area contributed by atoms with Crippen LogP contribution in [0.2, 0.25) is 0 Å². The molecule has 0 heterocycles. The topological polar surface area (TPSA) is 646 Å². The number of carbonyl (C=O) groups excluding carboxylic acids is 4. The summed E-state index contributed by atoms with van der Waals surface area (Å²) in [7, 11) is 0. The fraction of sp³-hybridized carbons (Fsp3) is 0.857.